The molecule has 0 aromatic heterocycles. The van der Waals surface area contributed by atoms with Crippen molar-refractivity contribution in [3.8, 4) is 0 Å². The molecular weight excluding hydrogens is 831 g/mol. The van der Waals surface area contributed by atoms with E-state index in [0.717, 1.165) is 32.1 Å². The van der Waals surface area contributed by atoms with Crippen molar-refractivity contribution < 1.29 is 44.9 Å². The van der Waals surface area contributed by atoms with Gasteiger partial charge in [-0.05, 0) is 57.8 Å². The van der Waals surface area contributed by atoms with Crippen molar-refractivity contribution in [3.63, 3.8) is 0 Å². The molecule has 66 heavy (non-hydrogen) atoms. The van der Waals surface area contributed by atoms with Crippen LogP contribution in [-0.4, -0.2) is 98.7 Å². The molecule has 10 nitrogen and oxygen atoms in total. The van der Waals surface area contributed by atoms with Crippen molar-refractivity contribution in [1.29, 1.82) is 0 Å². The number of unbranched alkanes of at least 4 members (excludes halogenated alkanes) is 32. The Morgan fingerprint density at radius 3 is 1.32 bits per heavy atom. The van der Waals surface area contributed by atoms with E-state index >= 15 is 0 Å². The van der Waals surface area contributed by atoms with Crippen LogP contribution in [0.3, 0.4) is 0 Å². The monoisotopic (exact) mass is 936 g/mol. The Hall–Kier alpha value is -1.63. The third-order valence-corrected chi connectivity index (χ3v) is 13.3. The van der Waals surface area contributed by atoms with Crippen molar-refractivity contribution in [2.75, 3.05) is 13.2 Å². The van der Waals surface area contributed by atoms with E-state index in [1.807, 2.05) is 6.08 Å². The number of aliphatic hydroxyl groups is 6. The van der Waals surface area contributed by atoms with Crippen LogP contribution in [-0.2, 0) is 14.3 Å². The lowest BCUT2D eigenvalue weighted by molar-refractivity contribution is -0.302. The van der Waals surface area contributed by atoms with E-state index in [0.29, 0.717) is 19.3 Å². The van der Waals surface area contributed by atoms with Crippen LogP contribution in [0.4, 0.5) is 0 Å². The first-order valence-corrected chi connectivity index (χ1v) is 27.8. The summed E-state index contributed by atoms with van der Waals surface area (Å²) in [6, 6.07) is -0.995. The Kier molecular flexibility index (Phi) is 43.3. The summed E-state index contributed by atoms with van der Waals surface area (Å²) >= 11 is 0. The lowest BCUT2D eigenvalue weighted by atomic mass is 9.99. The van der Waals surface area contributed by atoms with Gasteiger partial charge in [0.1, 0.15) is 30.5 Å². The topological polar surface area (TPSA) is 169 Å². The highest BCUT2D eigenvalue weighted by Gasteiger charge is 2.44. The van der Waals surface area contributed by atoms with Gasteiger partial charge in [0, 0.05) is 0 Å². The normalized spacial score (nSPS) is 20.5. The maximum atomic E-state index is 13.1. The molecule has 0 aromatic rings. The van der Waals surface area contributed by atoms with Crippen molar-refractivity contribution in [3.05, 3.63) is 36.5 Å². The minimum atomic E-state index is -1.61. The van der Waals surface area contributed by atoms with Crippen molar-refractivity contribution in [2.45, 2.75) is 300 Å². The van der Waals surface area contributed by atoms with Crippen LogP contribution in [0.1, 0.15) is 251 Å². The van der Waals surface area contributed by atoms with Gasteiger partial charge in [0.2, 0.25) is 5.91 Å². The van der Waals surface area contributed by atoms with Gasteiger partial charge in [0.15, 0.2) is 6.29 Å². The van der Waals surface area contributed by atoms with Crippen molar-refractivity contribution in [2.24, 2.45) is 0 Å². The average Bonchev–Trinajstić information content (AvgIpc) is 3.32. The summed E-state index contributed by atoms with van der Waals surface area (Å²) in [5.41, 5.74) is 0. The highest BCUT2D eigenvalue weighted by Crippen LogP contribution is 2.23. The predicted molar refractivity (Wildman–Crippen MR) is 273 cm³/mol. The molecule has 1 aliphatic heterocycles. The minimum absolute atomic E-state index is 0.305. The summed E-state index contributed by atoms with van der Waals surface area (Å²) in [6.45, 7) is 3.58. The lowest BCUT2D eigenvalue weighted by Crippen LogP contribution is -2.60. The van der Waals surface area contributed by atoms with Gasteiger partial charge in [-0.25, -0.2) is 0 Å². The fourth-order valence-corrected chi connectivity index (χ4v) is 8.76. The van der Waals surface area contributed by atoms with Crippen LogP contribution in [0.2, 0.25) is 0 Å². The Balaban J connectivity index is 2.17. The molecule has 388 valence electrons. The van der Waals surface area contributed by atoms with Gasteiger partial charge < -0.3 is 45.4 Å². The molecule has 0 bridgehead atoms. The van der Waals surface area contributed by atoms with E-state index in [1.165, 1.54) is 186 Å². The molecule has 8 atom stereocenters. The molecule has 1 rings (SSSR count). The summed E-state index contributed by atoms with van der Waals surface area (Å²) in [5.74, 6) is -0.626. The lowest BCUT2D eigenvalue weighted by Gasteiger charge is -2.40. The van der Waals surface area contributed by atoms with Gasteiger partial charge in [-0.15, -0.1) is 0 Å². The number of carbonyl (C=O) groups is 1. The summed E-state index contributed by atoms with van der Waals surface area (Å²) in [7, 11) is 0. The minimum Gasteiger partial charge on any atom is -0.394 e. The third kappa shape index (κ3) is 34.6. The maximum absolute atomic E-state index is 13.1. The SMILES string of the molecule is CCCCCCC/C=C/CC/C=C/C(O)C(COC1OC(CO)C(O)C(O)C1O)NC(=O)C(O)CCCCCCCCCCCCCCCC/C=C\CCCCCCCCCCCCCC. The molecule has 0 radical (unpaired) electrons. The van der Waals surface area contributed by atoms with E-state index in [4.69, 9.17) is 9.47 Å². The average molecular weight is 936 g/mol. The smallest absolute Gasteiger partial charge is 0.249 e. The molecule has 7 N–H and O–H groups in total. The zero-order chi connectivity index (χ0) is 48.1. The Morgan fingerprint density at radius 1 is 0.515 bits per heavy atom. The molecule has 1 heterocycles. The second kappa shape index (κ2) is 45.8. The molecule has 1 fully saturated rings. The Morgan fingerprint density at radius 2 is 0.894 bits per heavy atom. The van der Waals surface area contributed by atoms with Crippen molar-refractivity contribution >= 4 is 5.91 Å². The van der Waals surface area contributed by atoms with E-state index in [2.05, 4.69) is 43.5 Å². The highest BCUT2D eigenvalue weighted by atomic mass is 16.7. The maximum Gasteiger partial charge on any atom is 0.249 e. The van der Waals surface area contributed by atoms with Gasteiger partial charge in [-0.2, -0.15) is 0 Å². The van der Waals surface area contributed by atoms with E-state index in [1.54, 1.807) is 6.08 Å². The fourth-order valence-electron chi connectivity index (χ4n) is 8.76. The summed E-state index contributed by atoms with van der Waals surface area (Å²) in [4.78, 5) is 13.1. The first-order chi connectivity index (χ1) is 32.3. The summed E-state index contributed by atoms with van der Waals surface area (Å²) < 4.78 is 11.1. The second-order valence-electron chi connectivity index (χ2n) is 19.5. The molecular formula is C56H105NO9. The number of aliphatic hydroxyl groups excluding tert-OH is 6. The van der Waals surface area contributed by atoms with Crippen LogP contribution < -0.4 is 5.32 Å². The number of hydrogen-bond donors (Lipinski definition) is 7. The van der Waals surface area contributed by atoms with E-state index in [9.17, 15) is 35.4 Å². The number of carbonyl (C=O) groups excluding carboxylic acids is 1. The van der Waals surface area contributed by atoms with Gasteiger partial charge in [0.25, 0.3) is 0 Å². The largest absolute Gasteiger partial charge is 0.394 e. The predicted octanol–water partition coefficient (Wildman–Crippen LogP) is 12.2. The molecule has 10 heteroatoms. The van der Waals surface area contributed by atoms with Gasteiger partial charge in [-0.3, -0.25) is 4.79 Å². The molecule has 1 amide bonds. The number of rotatable bonds is 47. The van der Waals surface area contributed by atoms with Crippen LogP contribution in [0.25, 0.3) is 0 Å². The number of amides is 1. The highest BCUT2D eigenvalue weighted by molar-refractivity contribution is 5.80. The zero-order valence-corrected chi connectivity index (χ0v) is 42.6. The zero-order valence-electron chi connectivity index (χ0n) is 42.6. The Labute approximate surface area is 404 Å². The third-order valence-electron chi connectivity index (χ3n) is 13.3. The van der Waals surface area contributed by atoms with E-state index in [-0.39, 0.29) is 6.61 Å². The van der Waals surface area contributed by atoms with Crippen molar-refractivity contribution in [1.82, 2.24) is 5.32 Å². The van der Waals surface area contributed by atoms with Crippen LogP contribution in [0.15, 0.2) is 36.5 Å². The van der Waals surface area contributed by atoms with Crippen LogP contribution in [0.5, 0.6) is 0 Å². The van der Waals surface area contributed by atoms with Gasteiger partial charge in [0.05, 0.1) is 25.4 Å². The Bertz CT molecular complexity index is 1150. The number of hydrogen-bond acceptors (Lipinski definition) is 9. The quantitative estimate of drug-likeness (QED) is 0.0232. The van der Waals surface area contributed by atoms with Gasteiger partial charge in [-0.1, -0.05) is 230 Å². The van der Waals surface area contributed by atoms with Gasteiger partial charge >= 0.3 is 0 Å². The fraction of sp³-hybridized carbons (Fsp3) is 0.875. The van der Waals surface area contributed by atoms with E-state index < -0.39 is 61.5 Å². The molecule has 0 saturated carbocycles. The molecule has 0 aliphatic carbocycles. The number of ether oxygens (including phenoxy) is 2. The van der Waals surface area contributed by atoms with Crippen LogP contribution >= 0.6 is 0 Å². The molecule has 8 unspecified atom stereocenters. The first kappa shape index (κ1) is 62.4. The second-order valence-corrected chi connectivity index (χ2v) is 19.5. The molecule has 0 spiro atoms. The summed E-state index contributed by atoms with van der Waals surface area (Å²) in [5, 5.41) is 64.7. The summed E-state index contributed by atoms with van der Waals surface area (Å²) in [6.07, 6.45) is 48.4. The standard InChI is InChI=1S/C56H105NO9/c1-3-5-7-9-11-13-15-16-17-18-19-20-21-22-23-24-25-26-27-28-29-30-31-32-33-35-37-39-41-43-45-50(60)55(64)57-48(47-65-56-54(63)53(62)52(61)51(46-58)66-56)49(59)44-42-40-38-36-34-14-12-10-8-6-4-2/h22-23,34,36,42,44,48-54,56,58-63H,3-21,24-33,35,37-41,43,45-47H2,1-2H3,(H,57,64)/b23-22-,36-34+,44-42+. The number of allylic oxidation sites excluding steroid dienone is 5. The molecule has 1 aliphatic rings. The number of nitrogens with one attached hydrogen (secondary N) is 1. The first-order valence-electron chi connectivity index (χ1n) is 27.8. The molecule has 0 aromatic carbocycles. The van der Waals surface area contributed by atoms with Crippen LogP contribution in [0, 0.1) is 0 Å². The molecule has 1 saturated heterocycles.